The zero-order chi connectivity index (χ0) is 17.8. The van der Waals surface area contributed by atoms with Crippen LogP contribution in [-0.4, -0.2) is 36.1 Å². The average Bonchev–Trinajstić information content (AvgIpc) is 2.50. The Kier molecular flexibility index (Phi) is 9.99. The molecule has 23 heavy (non-hydrogen) atoms. The van der Waals surface area contributed by atoms with Gasteiger partial charge >= 0.3 is 23.9 Å². The molecule has 0 aliphatic carbocycles. The first-order valence-electron chi connectivity index (χ1n) is 7.18. The van der Waals surface area contributed by atoms with E-state index in [-0.39, 0.29) is 25.7 Å². The van der Waals surface area contributed by atoms with Crippen LogP contribution in [0.25, 0.3) is 0 Å². The number of rotatable bonds is 10. The van der Waals surface area contributed by atoms with E-state index >= 15 is 0 Å². The van der Waals surface area contributed by atoms with Gasteiger partial charge in [-0.1, -0.05) is 13.2 Å². The number of carbonyl (C=O) groups is 4. The molecule has 0 radical (unpaired) electrons. The van der Waals surface area contributed by atoms with E-state index in [9.17, 15) is 19.2 Å². The zero-order valence-corrected chi connectivity index (χ0v) is 13.4. The molecular formula is C16H22O7. The summed E-state index contributed by atoms with van der Waals surface area (Å²) in [5, 5.41) is 0. The van der Waals surface area contributed by atoms with E-state index in [1.165, 1.54) is 0 Å². The van der Waals surface area contributed by atoms with Crippen LogP contribution in [0.4, 0.5) is 0 Å². The molecule has 0 aromatic heterocycles. The minimum Gasteiger partial charge on any atom is -0.460 e. The maximum absolute atomic E-state index is 11.5. The van der Waals surface area contributed by atoms with Crippen molar-refractivity contribution in [2.45, 2.75) is 51.7 Å². The van der Waals surface area contributed by atoms with Gasteiger partial charge in [-0.05, 0) is 26.7 Å². The summed E-state index contributed by atoms with van der Waals surface area (Å²) < 4.78 is 14.4. The lowest BCUT2D eigenvalue weighted by atomic mass is 10.2. The maximum Gasteiger partial charge on any atom is 0.330 e. The molecular weight excluding hydrogens is 304 g/mol. The van der Waals surface area contributed by atoms with E-state index in [1.54, 1.807) is 13.8 Å². The first kappa shape index (κ1) is 20.6. The number of hydrogen-bond acceptors (Lipinski definition) is 7. The molecule has 2 atom stereocenters. The Bertz CT molecular complexity index is 425. The Hall–Kier alpha value is -2.44. The molecule has 2 unspecified atom stereocenters. The first-order valence-corrected chi connectivity index (χ1v) is 7.18. The normalized spacial score (nSPS) is 12.4. The fraction of sp³-hybridized carbons (Fsp3) is 0.500. The molecule has 0 saturated heterocycles. The van der Waals surface area contributed by atoms with Gasteiger partial charge in [-0.15, -0.1) is 0 Å². The maximum atomic E-state index is 11.5. The zero-order valence-electron chi connectivity index (χ0n) is 13.4. The molecule has 0 amide bonds. The van der Waals surface area contributed by atoms with E-state index in [4.69, 9.17) is 9.47 Å². The van der Waals surface area contributed by atoms with Gasteiger partial charge in [0.25, 0.3) is 0 Å². The van der Waals surface area contributed by atoms with Gasteiger partial charge in [0.1, 0.15) is 0 Å². The molecule has 128 valence electrons. The Balaban J connectivity index is 3.95. The molecule has 0 aliphatic heterocycles. The molecule has 0 rings (SSSR count). The van der Waals surface area contributed by atoms with Crippen LogP contribution >= 0.6 is 0 Å². The highest BCUT2D eigenvalue weighted by molar-refractivity contribution is 5.85. The number of ether oxygens (including phenoxy) is 3. The molecule has 7 heteroatoms. The van der Waals surface area contributed by atoms with Crippen molar-refractivity contribution < 1.29 is 33.4 Å². The predicted octanol–water partition coefficient (Wildman–Crippen LogP) is 1.85. The van der Waals surface area contributed by atoms with Gasteiger partial charge < -0.3 is 14.2 Å². The lowest BCUT2D eigenvalue weighted by molar-refractivity contribution is -0.161. The van der Waals surface area contributed by atoms with Crippen molar-refractivity contribution in [2.75, 3.05) is 0 Å². The third-order valence-electron chi connectivity index (χ3n) is 2.71. The molecule has 0 spiro atoms. The number of esters is 4. The molecule has 7 nitrogen and oxygen atoms in total. The van der Waals surface area contributed by atoms with Gasteiger partial charge in [-0.2, -0.15) is 0 Å². The van der Waals surface area contributed by atoms with Crippen LogP contribution in [0, 0.1) is 0 Å². The second-order valence-electron chi connectivity index (χ2n) is 4.83. The fourth-order valence-electron chi connectivity index (χ4n) is 1.48. The van der Waals surface area contributed by atoms with Gasteiger partial charge in [0.05, 0.1) is 12.2 Å². The van der Waals surface area contributed by atoms with E-state index < -0.39 is 36.1 Å². The molecule has 0 N–H and O–H groups in total. The summed E-state index contributed by atoms with van der Waals surface area (Å²) in [6.45, 7) is 9.75. The van der Waals surface area contributed by atoms with E-state index in [1.807, 2.05) is 0 Å². The van der Waals surface area contributed by atoms with Crippen molar-refractivity contribution in [2.24, 2.45) is 0 Å². The summed E-state index contributed by atoms with van der Waals surface area (Å²) in [6.07, 6.45) is 1.44. The first-order chi connectivity index (χ1) is 10.8. The smallest absolute Gasteiger partial charge is 0.330 e. The molecule has 0 fully saturated rings. The van der Waals surface area contributed by atoms with Crippen LogP contribution < -0.4 is 0 Å². The van der Waals surface area contributed by atoms with Crippen molar-refractivity contribution in [1.82, 2.24) is 0 Å². The second-order valence-corrected chi connectivity index (χ2v) is 4.83. The van der Waals surface area contributed by atoms with Crippen LogP contribution in [0.2, 0.25) is 0 Å². The van der Waals surface area contributed by atoms with Gasteiger partial charge in [0, 0.05) is 25.0 Å². The lowest BCUT2D eigenvalue weighted by Crippen LogP contribution is -2.19. The third kappa shape index (κ3) is 10.9. The Labute approximate surface area is 135 Å². The van der Waals surface area contributed by atoms with Crippen LogP contribution in [0.15, 0.2) is 25.3 Å². The van der Waals surface area contributed by atoms with Gasteiger partial charge in [0.15, 0.2) is 0 Å². The van der Waals surface area contributed by atoms with Crippen LogP contribution in [-0.2, 0) is 33.4 Å². The molecule has 0 aromatic rings. The van der Waals surface area contributed by atoms with Crippen molar-refractivity contribution in [1.29, 1.82) is 0 Å². The summed E-state index contributed by atoms with van der Waals surface area (Å²) >= 11 is 0. The summed E-state index contributed by atoms with van der Waals surface area (Å²) in [5.74, 6) is -2.56. The van der Waals surface area contributed by atoms with Crippen molar-refractivity contribution in [3.63, 3.8) is 0 Å². The van der Waals surface area contributed by atoms with Crippen molar-refractivity contribution >= 4 is 23.9 Å². The average molecular weight is 326 g/mol. The fourth-order valence-corrected chi connectivity index (χ4v) is 1.48. The minimum absolute atomic E-state index is 0.0572. The number of carbonyl (C=O) groups excluding carboxylic acids is 4. The minimum atomic E-state index is -0.702. The quantitative estimate of drug-likeness (QED) is 0.261. The monoisotopic (exact) mass is 326 g/mol. The topological polar surface area (TPSA) is 96.0 Å². The molecule has 0 aromatic carbocycles. The Morgan fingerprint density at radius 3 is 1.48 bits per heavy atom. The van der Waals surface area contributed by atoms with Gasteiger partial charge in [0.2, 0.25) is 0 Å². The van der Waals surface area contributed by atoms with Crippen LogP contribution in [0.1, 0.15) is 39.5 Å². The molecule has 0 aliphatic rings. The molecule has 0 saturated carbocycles. The Morgan fingerprint density at radius 1 is 0.826 bits per heavy atom. The summed E-state index contributed by atoms with van der Waals surface area (Å²) in [4.78, 5) is 44.8. The van der Waals surface area contributed by atoms with Gasteiger partial charge in [-0.25, -0.2) is 9.59 Å². The highest BCUT2D eigenvalue weighted by atomic mass is 16.6. The second kappa shape index (κ2) is 11.2. The van der Waals surface area contributed by atoms with Crippen molar-refractivity contribution in [3.8, 4) is 0 Å². The van der Waals surface area contributed by atoms with Gasteiger partial charge in [-0.3, -0.25) is 9.59 Å². The largest absolute Gasteiger partial charge is 0.460 e. The van der Waals surface area contributed by atoms with E-state index in [2.05, 4.69) is 17.9 Å². The summed E-state index contributed by atoms with van der Waals surface area (Å²) in [6, 6.07) is 0. The summed E-state index contributed by atoms with van der Waals surface area (Å²) in [7, 11) is 0. The van der Waals surface area contributed by atoms with E-state index in [0.717, 1.165) is 12.2 Å². The molecule has 0 bridgehead atoms. The summed E-state index contributed by atoms with van der Waals surface area (Å²) in [5.41, 5.74) is 0. The highest BCUT2D eigenvalue weighted by Gasteiger charge is 2.16. The highest BCUT2D eigenvalue weighted by Crippen LogP contribution is 2.07. The standard InChI is InChI=1S/C16H22O7/c1-5-13(17)21-11(3)7-9-15(19)23-16(20)10-8-12(4)22-14(18)6-2/h5-6,11-12H,1-2,7-10H2,3-4H3. The lowest BCUT2D eigenvalue weighted by Gasteiger charge is -2.12. The van der Waals surface area contributed by atoms with Crippen LogP contribution in [0.5, 0.6) is 0 Å². The number of hydrogen-bond donors (Lipinski definition) is 0. The Morgan fingerprint density at radius 2 is 1.17 bits per heavy atom. The van der Waals surface area contributed by atoms with Crippen molar-refractivity contribution in [3.05, 3.63) is 25.3 Å². The predicted molar refractivity (Wildman–Crippen MR) is 81.1 cm³/mol. The van der Waals surface area contributed by atoms with E-state index in [0.29, 0.717) is 0 Å². The van der Waals surface area contributed by atoms with Crippen LogP contribution in [0.3, 0.4) is 0 Å². The molecule has 0 heterocycles. The SMILES string of the molecule is C=CC(=O)OC(C)CCC(=O)OC(=O)CCC(C)OC(=O)C=C. The third-order valence-corrected chi connectivity index (χ3v) is 2.71.